The number of nitrogens with one attached hydrogen (secondary N) is 3. The molecule has 0 aliphatic heterocycles. The first-order chi connectivity index (χ1) is 13.3. The van der Waals surface area contributed by atoms with Crippen molar-refractivity contribution in [2.45, 2.75) is 57.8 Å². The van der Waals surface area contributed by atoms with Crippen molar-refractivity contribution in [3.8, 4) is 0 Å². The summed E-state index contributed by atoms with van der Waals surface area (Å²) < 4.78 is 0. The second-order valence-electron chi connectivity index (χ2n) is 6.66. The van der Waals surface area contributed by atoms with Gasteiger partial charge in [-0.1, -0.05) is 13.8 Å². The summed E-state index contributed by atoms with van der Waals surface area (Å²) in [6, 6.07) is -5.46. The number of carbonyl (C=O) groups is 6. The van der Waals surface area contributed by atoms with Crippen LogP contribution in [0, 0.1) is 5.92 Å². The van der Waals surface area contributed by atoms with Crippen molar-refractivity contribution in [1.29, 1.82) is 0 Å². The minimum atomic E-state index is -1.69. The van der Waals surface area contributed by atoms with Gasteiger partial charge in [-0.3, -0.25) is 24.0 Å². The van der Waals surface area contributed by atoms with Crippen LogP contribution in [0.25, 0.3) is 0 Å². The number of rotatable bonds is 12. The lowest BCUT2D eigenvalue weighted by Crippen LogP contribution is -2.58. The SMILES string of the molecule is CC(NC(=O)C(N)CC(=O)O)C(=O)NC(C(=O)NC(CC(=O)O)C(=O)O)C(C)C. The van der Waals surface area contributed by atoms with E-state index in [-0.39, 0.29) is 0 Å². The van der Waals surface area contributed by atoms with Crippen molar-refractivity contribution in [3.63, 3.8) is 0 Å². The molecule has 0 saturated carbocycles. The van der Waals surface area contributed by atoms with E-state index in [1.807, 2.05) is 5.32 Å². The van der Waals surface area contributed by atoms with Crippen LogP contribution in [0.15, 0.2) is 0 Å². The molecule has 13 heteroatoms. The molecule has 13 nitrogen and oxygen atoms in total. The summed E-state index contributed by atoms with van der Waals surface area (Å²) in [5, 5.41) is 32.9. The number of amides is 3. The second-order valence-corrected chi connectivity index (χ2v) is 6.66. The van der Waals surface area contributed by atoms with E-state index in [9.17, 15) is 28.8 Å². The van der Waals surface area contributed by atoms with Crippen LogP contribution in [0.1, 0.15) is 33.6 Å². The standard InChI is InChI=1S/C16H26N4O9/c1-6(2)12(15(27)19-9(16(28)29)5-11(23)24)20-13(25)7(3)18-14(26)8(17)4-10(21)22/h6-9,12H,4-5,17H2,1-3H3,(H,18,26)(H,19,27)(H,20,25)(H,21,22)(H,23,24)(H,28,29). The van der Waals surface area contributed by atoms with Gasteiger partial charge >= 0.3 is 17.9 Å². The van der Waals surface area contributed by atoms with Crippen LogP contribution in [0.3, 0.4) is 0 Å². The van der Waals surface area contributed by atoms with E-state index in [4.69, 9.17) is 21.1 Å². The van der Waals surface area contributed by atoms with Gasteiger partial charge in [0.1, 0.15) is 18.1 Å². The van der Waals surface area contributed by atoms with Gasteiger partial charge in [0.15, 0.2) is 0 Å². The molecule has 0 aromatic rings. The highest BCUT2D eigenvalue weighted by atomic mass is 16.4. The molecule has 3 amide bonds. The molecular weight excluding hydrogens is 392 g/mol. The molecule has 0 aromatic carbocycles. The van der Waals surface area contributed by atoms with Gasteiger partial charge in [0.2, 0.25) is 17.7 Å². The summed E-state index contributed by atoms with van der Waals surface area (Å²) in [4.78, 5) is 68.8. The fourth-order valence-electron chi connectivity index (χ4n) is 2.12. The highest BCUT2D eigenvalue weighted by Gasteiger charge is 2.31. The molecule has 164 valence electrons. The third kappa shape index (κ3) is 9.51. The fraction of sp³-hybridized carbons (Fsp3) is 0.625. The van der Waals surface area contributed by atoms with Crippen molar-refractivity contribution >= 4 is 35.6 Å². The topological polar surface area (TPSA) is 225 Å². The Balaban J connectivity index is 5.04. The molecule has 0 spiro atoms. The van der Waals surface area contributed by atoms with E-state index in [1.54, 1.807) is 13.8 Å². The Morgan fingerprint density at radius 3 is 1.69 bits per heavy atom. The number of nitrogens with two attached hydrogens (primary N) is 1. The average Bonchev–Trinajstić information content (AvgIpc) is 2.56. The highest BCUT2D eigenvalue weighted by Crippen LogP contribution is 2.05. The summed E-state index contributed by atoms with van der Waals surface area (Å²) in [5.41, 5.74) is 5.39. The molecule has 8 N–H and O–H groups in total. The molecule has 0 aromatic heterocycles. The zero-order valence-electron chi connectivity index (χ0n) is 16.2. The summed E-state index contributed by atoms with van der Waals surface area (Å²) in [7, 11) is 0. The summed E-state index contributed by atoms with van der Waals surface area (Å²) in [6.45, 7) is 4.40. The van der Waals surface area contributed by atoms with Crippen LogP contribution in [0.5, 0.6) is 0 Å². The molecule has 0 rings (SSSR count). The van der Waals surface area contributed by atoms with Crippen molar-refractivity contribution in [2.75, 3.05) is 0 Å². The number of hydrogen-bond acceptors (Lipinski definition) is 7. The number of aliphatic carboxylic acids is 3. The maximum Gasteiger partial charge on any atom is 0.326 e. The molecule has 0 radical (unpaired) electrons. The lowest BCUT2D eigenvalue weighted by atomic mass is 10.0. The molecule has 0 aliphatic carbocycles. The van der Waals surface area contributed by atoms with Crippen molar-refractivity contribution in [3.05, 3.63) is 0 Å². The van der Waals surface area contributed by atoms with E-state index in [0.29, 0.717) is 0 Å². The van der Waals surface area contributed by atoms with Crippen LogP contribution in [0.4, 0.5) is 0 Å². The Labute approximate surface area is 166 Å². The predicted molar refractivity (Wildman–Crippen MR) is 96.4 cm³/mol. The average molecular weight is 418 g/mol. The van der Waals surface area contributed by atoms with Crippen molar-refractivity contribution in [2.24, 2.45) is 11.7 Å². The van der Waals surface area contributed by atoms with E-state index in [2.05, 4.69) is 10.6 Å². The monoisotopic (exact) mass is 418 g/mol. The van der Waals surface area contributed by atoms with Gasteiger partial charge in [0.25, 0.3) is 0 Å². The first-order valence-corrected chi connectivity index (χ1v) is 8.59. The maximum absolute atomic E-state index is 12.3. The highest BCUT2D eigenvalue weighted by molar-refractivity contribution is 5.95. The van der Waals surface area contributed by atoms with Crippen molar-refractivity contribution in [1.82, 2.24) is 16.0 Å². The van der Waals surface area contributed by atoms with E-state index < -0.39 is 78.6 Å². The van der Waals surface area contributed by atoms with Crippen LogP contribution in [-0.4, -0.2) is 75.1 Å². The second kappa shape index (κ2) is 11.6. The quantitative estimate of drug-likeness (QED) is 0.176. The van der Waals surface area contributed by atoms with Gasteiger partial charge in [-0.15, -0.1) is 0 Å². The minimum Gasteiger partial charge on any atom is -0.481 e. The Morgan fingerprint density at radius 1 is 0.759 bits per heavy atom. The van der Waals surface area contributed by atoms with Crippen LogP contribution < -0.4 is 21.7 Å². The van der Waals surface area contributed by atoms with Gasteiger partial charge in [-0.2, -0.15) is 0 Å². The van der Waals surface area contributed by atoms with Gasteiger partial charge in [0.05, 0.1) is 18.9 Å². The molecule has 4 atom stereocenters. The molecular formula is C16H26N4O9. The number of carbonyl (C=O) groups excluding carboxylic acids is 3. The Morgan fingerprint density at radius 2 is 1.28 bits per heavy atom. The summed E-state index contributed by atoms with van der Waals surface area (Å²) in [6.07, 6.45) is -1.49. The van der Waals surface area contributed by atoms with E-state index >= 15 is 0 Å². The van der Waals surface area contributed by atoms with Crippen molar-refractivity contribution < 1.29 is 44.1 Å². The minimum absolute atomic E-state index is 0.504. The molecule has 0 saturated heterocycles. The molecule has 0 fully saturated rings. The molecule has 0 aliphatic rings. The summed E-state index contributed by atoms with van der Waals surface area (Å²) in [5.74, 6) is -7.39. The molecule has 0 bridgehead atoms. The van der Waals surface area contributed by atoms with Crippen LogP contribution in [0.2, 0.25) is 0 Å². The van der Waals surface area contributed by atoms with E-state index in [1.165, 1.54) is 6.92 Å². The lowest BCUT2D eigenvalue weighted by Gasteiger charge is -2.25. The zero-order chi connectivity index (χ0) is 22.9. The largest absolute Gasteiger partial charge is 0.481 e. The normalized spacial score (nSPS) is 14.8. The first-order valence-electron chi connectivity index (χ1n) is 8.59. The Hall–Kier alpha value is -3.22. The first kappa shape index (κ1) is 25.8. The number of hydrogen-bond donors (Lipinski definition) is 7. The van der Waals surface area contributed by atoms with E-state index in [0.717, 1.165) is 0 Å². The maximum atomic E-state index is 12.3. The third-order valence-corrected chi connectivity index (χ3v) is 3.72. The molecule has 29 heavy (non-hydrogen) atoms. The van der Waals surface area contributed by atoms with Gasteiger partial charge < -0.3 is 37.0 Å². The van der Waals surface area contributed by atoms with Gasteiger partial charge in [-0.05, 0) is 12.8 Å². The smallest absolute Gasteiger partial charge is 0.326 e. The Bertz CT molecular complexity index is 665. The Kier molecular flexibility index (Phi) is 10.3. The zero-order valence-corrected chi connectivity index (χ0v) is 16.2. The number of carboxylic acid groups (broad SMARTS) is 3. The fourth-order valence-corrected chi connectivity index (χ4v) is 2.12. The third-order valence-electron chi connectivity index (χ3n) is 3.72. The predicted octanol–water partition coefficient (Wildman–Crippen LogP) is -2.52. The van der Waals surface area contributed by atoms with Gasteiger partial charge in [-0.25, -0.2) is 4.79 Å². The molecule has 0 heterocycles. The number of carboxylic acids is 3. The lowest BCUT2D eigenvalue weighted by molar-refractivity contribution is -0.147. The van der Waals surface area contributed by atoms with Crippen LogP contribution >= 0.6 is 0 Å². The van der Waals surface area contributed by atoms with Crippen LogP contribution in [-0.2, 0) is 28.8 Å². The van der Waals surface area contributed by atoms with Gasteiger partial charge in [0, 0.05) is 0 Å². The molecule has 4 unspecified atom stereocenters. The summed E-state index contributed by atoms with van der Waals surface area (Å²) >= 11 is 0.